The van der Waals surface area contributed by atoms with Crippen LogP contribution in [0.5, 0.6) is 0 Å². The minimum atomic E-state index is -0.312. The number of amides is 2. The highest BCUT2D eigenvalue weighted by molar-refractivity contribution is 5.75. The van der Waals surface area contributed by atoms with Crippen molar-refractivity contribution in [2.24, 2.45) is 17.8 Å². The summed E-state index contributed by atoms with van der Waals surface area (Å²) < 4.78 is 14.3. The fourth-order valence-corrected chi connectivity index (χ4v) is 5.89. The first kappa shape index (κ1) is 20.6. The zero-order valence-corrected chi connectivity index (χ0v) is 17.7. The Morgan fingerprint density at radius 2 is 2.00 bits per heavy atom. The maximum Gasteiger partial charge on any atom is 0.318 e. The number of likely N-dealkylation sites (tertiary alicyclic amines) is 1. The van der Waals surface area contributed by atoms with Crippen LogP contribution in [0.3, 0.4) is 0 Å². The van der Waals surface area contributed by atoms with Gasteiger partial charge in [0.15, 0.2) is 0 Å². The van der Waals surface area contributed by atoms with Crippen LogP contribution in [-0.4, -0.2) is 34.7 Å². The number of aliphatic hydroxyl groups excluding tert-OH is 1. The molecule has 4 rings (SSSR count). The van der Waals surface area contributed by atoms with Gasteiger partial charge in [0.05, 0.1) is 12.1 Å². The Bertz CT molecular complexity index is 740. The normalized spacial score (nSPS) is 35.1. The standard InChI is InChI=1S/C24H35FN2O2/c1-15-9-12-22(28)19(14-15)21-8-3-4-13-27(21)24(29)26-23-16(2)10-11-17-18(23)6-5-7-20(17)25/h5-7,15-16,19,21-23,28H,3-4,8-14H2,1-2H3,(H,26,29). The second-order valence-electron chi connectivity index (χ2n) is 9.66. The van der Waals surface area contributed by atoms with Crippen molar-refractivity contribution < 1.29 is 14.3 Å². The second kappa shape index (κ2) is 8.63. The number of fused-ring (bicyclic) bond motifs is 1. The van der Waals surface area contributed by atoms with E-state index in [4.69, 9.17) is 0 Å². The molecule has 1 aromatic rings. The predicted molar refractivity (Wildman–Crippen MR) is 112 cm³/mol. The van der Waals surface area contributed by atoms with Crippen molar-refractivity contribution in [1.82, 2.24) is 10.2 Å². The van der Waals surface area contributed by atoms with E-state index >= 15 is 0 Å². The molecule has 2 amide bonds. The number of hydrogen-bond donors (Lipinski definition) is 2. The molecule has 0 aromatic heterocycles. The van der Waals surface area contributed by atoms with Crippen LogP contribution < -0.4 is 5.32 Å². The number of nitrogens with zero attached hydrogens (tertiary/aromatic N) is 1. The highest BCUT2D eigenvalue weighted by Crippen LogP contribution is 2.38. The summed E-state index contributed by atoms with van der Waals surface area (Å²) in [5, 5.41) is 13.9. The first-order chi connectivity index (χ1) is 14.0. The highest BCUT2D eigenvalue weighted by Gasteiger charge is 2.40. The highest BCUT2D eigenvalue weighted by atomic mass is 19.1. The molecular formula is C24H35FN2O2. The Hall–Kier alpha value is -1.62. The van der Waals surface area contributed by atoms with Crippen LogP contribution in [-0.2, 0) is 6.42 Å². The summed E-state index contributed by atoms with van der Waals surface area (Å²) in [4.78, 5) is 15.4. The molecule has 5 heteroatoms. The fraction of sp³-hybridized carbons (Fsp3) is 0.708. The van der Waals surface area contributed by atoms with Gasteiger partial charge in [-0.25, -0.2) is 9.18 Å². The molecule has 1 aliphatic heterocycles. The minimum Gasteiger partial charge on any atom is -0.393 e. The van der Waals surface area contributed by atoms with Gasteiger partial charge >= 0.3 is 6.03 Å². The topological polar surface area (TPSA) is 52.6 Å². The molecular weight excluding hydrogens is 367 g/mol. The van der Waals surface area contributed by atoms with Crippen LogP contribution >= 0.6 is 0 Å². The molecule has 0 radical (unpaired) electrons. The quantitative estimate of drug-likeness (QED) is 0.746. The van der Waals surface area contributed by atoms with Gasteiger partial charge in [0.1, 0.15) is 5.82 Å². The van der Waals surface area contributed by atoms with E-state index in [-0.39, 0.29) is 41.9 Å². The van der Waals surface area contributed by atoms with Gasteiger partial charge in [0.25, 0.3) is 0 Å². The van der Waals surface area contributed by atoms with Gasteiger partial charge in [-0.2, -0.15) is 0 Å². The summed E-state index contributed by atoms with van der Waals surface area (Å²) in [5.41, 5.74) is 1.68. The Morgan fingerprint density at radius 3 is 2.83 bits per heavy atom. The average molecular weight is 403 g/mol. The summed E-state index contributed by atoms with van der Waals surface area (Å²) >= 11 is 0. The molecule has 2 N–H and O–H groups in total. The SMILES string of the molecule is CC1CCC(O)C(C2CCCCN2C(=O)NC2c3cccc(F)c3CCC2C)C1. The van der Waals surface area contributed by atoms with Gasteiger partial charge in [-0.1, -0.05) is 26.0 Å². The van der Waals surface area contributed by atoms with Crippen LogP contribution in [0, 0.1) is 23.6 Å². The Morgan fingerprint density at radius 1 is 1.17 bits per heavy atom. The molecule has 3 aliphatic rings. The van der Waals surface area contributed by atoms with Gasteiger partial charge in [0.2, 0.25) is 0 Å². The van der Waals surface area contributed by atoms with E-state index in [9.17, 15) is 14.3 Å². The molecule has 160 valence electrons. The maximum absolute atomic E-state index is 14.3. The summed E-state index contributed by atoms with van der Waals surface area (Å²) in [6.07, 6.45) is 7.27. The van der Waals surface area contributed by atoms with E-state index in [1.807, 2.05) is 11.0 Å². The molecule has 0 bridgehead atoms. The lowest BCUT2D eigenvalue weighted by Crippen LogP contribution is -2.55. The molecule has 1 saturated carbocycles. The van der Waals surface area contributed by atoms with E-state index in [0.717, 1.165) is 69.0 Å². The van der Waals surface area contributed by atoms with Gasteiger partial charge in [-0.3, -0.25) is 0 Å². The van der Waals surface area contributed by atoms with Crippen LogP contribution in [0.2, 0.25) is 0 Å². The molecule has 6 unspecified atom stereocenters. The molecule has 2 aliphatic carbocycles. The number of rotatable bonds is 2. The van der Waals surface area contributed by atoms with Crippen molar-refractivity contribution in [3.8, 4) is 0 Å². The van der Waals surface area contributed by atoms with Crippen LogP contribution in [0.25, 0.3) is 0 Å². The van der Waals surface area contributed by atoms with Crippen molar-refractivity contribution in [2.75, 3.05) is 6.54 Å². The lowest BCUT2D eigenvalue weighted by atomic mass is 9.74. The van der Waals surface area contributed by atoms with Gasteiger partial charge in [-0.05, 0) is 80.4 Å². The Labute approximate surface area is 173 Å². The maximum atomic E-state index is 14.3. The molecule has 6 atom stereocenters. The number of aliphatic hydroxyl groups is 1. The molecule has 4 nitrogen and oxygen atoms in total. The van der Waals surface area contributed by atoms with Gasteiger partial charge in [0, 0.05) is 18.5 Å². The van der Waals surface area contributed by atoms with Crippen molar-refractivity contribution in [1.29, 1.82) is 0 Å². The number of benzene rings is 1. The molecule has 29 heavy (non-hydrogen) atoms. The zero-order valence-electron chi connectivity index (χ0n) is 17.7. The predicted octanol–water partition coefficient (Wildman–Crippen LogP) is 4.81. The number of urea groups is 1. The molecule has 1 aromatic carbocycles. The van der Waals surface area contributed by atoms with E-state index in [2.05, 4.69) is 19.2 Å². The smallest absolute Gasteiger partial charge is 0.318 e. The van der Waals surface area contributed by atoms with Crippen LogP contribution in [0.4, 0.5) is 9.18 Å². The Balaban J connectivity index is 1.53. The number of piperidine rings is 1. The summed E-state index contributed by atoms with van der Waals surface area (Å²) in [6, 6.07) is 5.12. The van der Waals surface area contributed by atoms with E-state index in [1.54, 1.807) is 6.07 Å². The second-order valence-corrected chi connectivity index (χ2v) is 9.66. The first-order valence-corrected chi connectivity index (χ1v) is 11.5. The lowest BCUT2D eigenvalue weighted by molar-refractivity contribution is -0.00531. The summed E-state index contributed by atoms with van der Waals surface area (Å²) in [5.74, 6) is 0.877. The fourth-order valence-electron chi connectivity index (χ4n) is 5.89. The number of carbonyl (C=O) groups excluding carboxylic acids is 1. The molecule has 2 fully saturated rings. The average Bonchev–Trinajstić information content (AvgIpc) is 2.72. The number of carbonyl (C=O) groups is 1. The van der Waals surface area contributed by atoms with Crippen molar-refractivity contribution in [2.45, 2.75) is 83.4 Å². The van der Waals surface area contributed by atoms with Crippen molar-refractivity contribution >= 4 is 6.03 Å². The van der Waals surface area contributed by atoms with Crippen LogP contribution in [0.15, 0.2) is 18.2 Å². The number of halogens is 1. The number of hydrogen-bond acceptors (Lipinski definition) is 2. The monoisotopic (exact) mass is 402 g/mol. The van der Waals surface area contributed by atoms with Gasteiger partial charge in [-0.15, -0.1) is 0 Å². The van der Waals surface area contributed by atoms with Gasteiger partial charge < -0.3 is 15.3 Å². The molecule has 1 heterocycles. The number of nitrogens with one attached hydrogen (secondary N) is 1. The Kier molecular flexibility index (Phi) is 6.14. The zero-order chi connectivity index (χ0) is 20.5. The van der Waals surface area contributed by atoms with E-state index in [1.165, 1.54) is 6.07 Å². The largest absolute Gasteiger partial charge is 0.393 e. The van der Waals surface area contributed by atoms with Crippen LogP contribution in [0.1, 0.15) is 76.0 Å². The molecule has 1 saturated heterocycles. The van der Waals surface area contributed by atoms with E-state index in [0.29, 0.717) is 5.92 Å². The third-order valence-corrected chi connectivity index (χ3v) is 7.62. The minimum absolute atomic E-state index is 0.0471. The summed E-state index contributed by atoms with van der Waals surface area (Å²) in [7, 11) is 0. The first-order valence-electron chi connectivity index (χ1n) is 11.5. The molecule has 0 spiro atoms. The van der Waals surface area contributed by atoms with Crippen molar-refractivity contribution in [3.05, 3.63) is 35.1 Å². The summed E-state index contributed by atoms with van der Waals surface area (Å²) in [6.45, 7) is 5.13. The van der Waals surface area contributed by atoms with E-state index < -0.39 is 0 Å². The lowest BCUT2D eigenvalue weighted by Gasteiger charge is -2.45. The third-order valence-electron chi connectivity index (χ3n) is 7.62. The van der Waals surface area contributed by atoms with Crippen molar-refractivity contribution in [3.63, 3.8) is 0 Å². The third kappa shape index (κ3) is 4.16.